The lowest BCUT2D eigenvalue weighted by atomic mass is 10.2. The van der Waals surface area contributed by atoms with Gasteiger partial charge in [-0.3, -0.25) is 14.6 Å². The highest BCUT2D eigenvalue weighted by atomic mass is 35.5. The molecule has 1 aromatic rings. The molecule has 0 aliphatic carbocycles. The number of amides is 3. The van der Waals surface area contributed by atoms with Gasteiger partial charge in [0.2, 0.25) is 0 Å². The van der Waals surface area contributed by atoms with E-state index in [2.05, 4.69) is 15.9 Å². The molecule has 8 heteroatoms. The van der Waals surface area contributed by atoms with Gasteiger partial charge in [0.15, 0.2) is 0 Å². The van der Waals surface area contributed by atoms with Crippen molar-refractivity contribution < 1.29 is 9.59 Å². The number of piperazine rings is 1. The predicted molar refractivity (Wildman–Crippen MR) is 100 cm³/mol. The van der Waals surface area contributed by atoms with E-state index in [-0.39, 0.29) is 18.0 Å². The zero-order chi connectivity index (χ0) is 17.4. The molecule has 1 aromatic carbocycles. The summed E-state index contributed by atoms with van der Waals surface area (Å²) in [5.74, 6) is 1.36. The highest BCUT2D eigenvalue weighted by Crippen LogP contribution is 2.29. The Kier molecular flexibility index (Phi) is 4.80. The standard InChI is InChI=1S/C17H21ClN4O2S/c18-13-2-1-3-14(10-13)20-7-4-19(5-8-20)6-9-21-16(23)15-11-25-12-22(15)17(21)24/h1-3,10,15H,4-9,11-12H2. The third kappa shape index (κ3) is 3.32. The van der Waals surface area contributed by atoms with Crippen LogP contribution in [0.25, 0.3) is 0 Å². The van der Waals surface area contributed by atoms with Gasteiger partial charge in [-0.05, 0) is 18.2 Å². The fourth-order valence-electron chi connectivity index (χ4n) is 3.61. The number of anilines is 1. The molecule has 1 unspecified atom stereocenters. The first-order valence-corrected chi connectivity index (χ1v) is 10.1. The van der Waals surface area contributed by atoms with E-state index in [0.29, 0.717) is 12.4 Å². The van der Waals surface area contributed by atoms with E-state index in [9.17, 15) is 9.59 Å². The Labute approximate surface area is 156 Å². The minimum atomic E-state index is -0.225. The molecule has 3 fully saturated rings. The third-order valence-electron chi connectivity index (χ3n) is 5.10. The van der Waals surface area contributed by atoms with Crippen LogP contribution < -0.4 is 4.90 Å². The van der Waals surface area contributed by atoms with Gasteiger partial charge in [0.05, 0.1) is 5.88 Å². The summed E-state index contributed by atoms with van der Waals surface area (Å²) >= 11 is 7.72. The van der Waals surface area contributed by atoms with Crippen molar-refractivity contribution in [2.75, 3.05) is 55.8 Å². The van der Waals surface area contributed by atoms with E-state index >= 15 is 0 Å². The second-order valence-corrected chi connectivity index (χ2v) is 8.00. The van der Waals surface area contributed by atoms with Crippen LogP contribution >= 0.6 is 23.4 Å². The Morgan fingerprint density at radius 2 is 1.92 bits per heavy atom. The lowest BCUT2D eigenvalue weighted by Crippen LogP contribution is -2.49. The van der Waals surface area contributed by atoms with Gasteiger partial charge in [-0.15, -0.1) is 11.8 Å². The SMILES string of the molecule is O=C1C2CSCN2C(=O)N1CCN1CCN(c2cccc(Cl)c2)CC1. The lowest BCUT2D eigenvalue weighted by molar-refractivity contribution is -0.127. The average Bonchev–Trinajstić information content (AvgIpc) is 3.19. The van der Waals surface area contributed by atoms with E-state index in [1.54, 1.807) is 16.7 Å². The largest absolute Gasteiger partial charge is 0.369 e. The second-order valence-electron chi connectivity index (χ2n) is 6.57. The summed E-state index contributed by atoms with van der Waals surface area (Å²) < 4.78 is 0. The average molecular weight is 381 g/mol. The number of urea groups is 1. The highest BCUT2D eigenvalue weighted by Gasteiger charge is 2.47. The summed E-state index contributed by atoms with van der Waals surface area (Å²) in [6.45, 7) is 4.93. The van der Waals surface area contributed by atoms with Crippen molar-refractivity contribution in [3.05, 3.63) is 29.3 Å². The summed E-state index contributed by atoms with van der Waals surface area (Å²) in [6.07, 6.45) is 0. The maximum atomic E-state index is 12.3. The summed E-state index contributed by atoms with van der Waals surface area (Å²) in [6, 6.07) is 7.59. The number of benzene rings is 1. The smallest absolute Gasteiger partial charge is 0.328 e. The molecule has 25 heavy (non-hydrogen) atoms. The van der Waals surface area contributed by atoms with Gasteiger partial charge < -0.3 is 9.80 Å². The topological polar surface area (TPSA) is 47.1 Å². The molecule has 0 bridgehead atoms. The summed E-state index contributed by atoms with van der Waals surface area (Å²) in [5.41, 5.74) is 1.15. The molecule has 3 amide bonds. The van der Waals surface area contributed by atoms with Crippen molar-refractivity contribution in [2.45, 2.75) is 6.04 Å². The number of hydrogen-bond acceptors (Lipinski definition) is 5. The summed E-state index contributed by atoms with van der Waals surface area (Å²) in [7, 11) is 0. The minimum Gasteiger partial charge on any atom is -0.369 e. The van der Waals surface area contributed by atoms with Crippen molar-refractivity contribution in [3.8, 4) is 0 Å². The van der Waals surface area contributed by atoms with Gasteiger partial charge >= 0.3 is 6.03 Å². The van der Waals surface area contributed by atoms with E-state index in [4.69, 9.17) is 11.6 Å². The molecule has 3 saturated heterocycles. The molecular formula is C17H21ClN4O2S. The number of carbonyl (C=O) groups is 2. The van der Waals surface area contributed by atoms with E-state index < -0.39 is 0 Å². The zero-order valence-corrected chi connectivity index (χ0v) is 15.5. The minimum absolute atomic E-state index is 0.0208. The fourth-order valence-corrected chi connectivity index (χ4v) is 4.94. The number of thioether (sulfide) groups is 1. The van der Waals surface area contributed by atoms with Crippen LogP contribution in [0.2, 0.25) is 5.02 Å². The third-order valence-corrected chi connectivity index (χ3v) is 6.34. The van der Waals surface area contributed by atoms with Crippen LogP contribution in [0.5, 0.6) is 0 Å². The Bertz CT molecular complexity index is 658. The molecule has 0 aromatic heterocycles. The summed E-state index contributed by atoms with van der Waals surface area (Å²) in [5, 5.41) is 0.754. The lowest BCUT2D eigenvalue weighted by Gasteiger charge is -2.36. The Hall–Kier alpha value is -1.44. The van der Waals surface area contributed by atoms with Crippen LogP contribution in [0.15, 0.2) is 24.3 Å². The van der Waals surface area contributed by atoms with Crippen LogP contribution in [0.3, 0.4) is 0 Å². The molecule has 4 rings (SSSR count). The number of imide groups is 1. The van der Waals surface area contributed by atoms with Crippen molar-refractivity contribution in [3.63, 3.8) is 0 Å². The van der Waals surface area contributed by atoms with Gasteiger partial charge in [-0.2, -0.15) is 0 Å². The first-order valence-electron chi connectivity index (χ1n) is 8.56. The molecule has 3 aliphatic rings. The van der Waals surface area contributed by atoms with Gasteiger partial charge in [0, 0.05) is 55.7 Å². The van der Waals surface area contributed by atoms with E-state index in [1.807, 2.05) is 18.2 Å². The molecule has 0 radical (unpaired) electrons. The van der Waals surface area contributed by atoms with Crippen LogP contribution in [0.1, 0.15) is 0 Å². The Morgan fingerprint density at radius 3 is 2.64 bits per heavy atom. The van der Waals surface area contributed by atoms with Gasteiger partial charge in [0.25, 0.3) is 5.91 Å². The van der Waals surface area contributed by atoms with Crippen molar-refractivity contribution in [1.82, 2.24) is 14.7 Å². The molecule has 134 valence electrons. The Morgan fingerprint density at radius 1 is 1.12 bits per heavy atom. The first-order chi connectivity index (χ1) is 12.1. The van der Waals surface area contributed by atoms with Crippen LogP contribution in [0.4, 0.5) is 10.5 Å². The molecule has 1 atom stereocenters. The maximum Gasteiger partial charge on any atom is 0.328 e. The van der Waals surface area contributed by atoms with E-state index in [0.717, 1.165) is 49.2 Å². The van der Waals surface area contributed by atoms with Gasteiger partial charge in [0.1, 0.15) is 6.04 Å². The second kappa shape index (κ2) is 7.05. The number of hydrogen-bond donors (Lipinski definition) is 0. The molecule has 3 heterocycles. The highest BCUT2D eigenvalue weighted by molar-refractivity contribution is 7.99. The predicted octanol–water partition coefficient (Wildman–Crippen LogP) is 1.80. The quantitative estimate of drug-likeness (QED) is 0.745. The van der Waals surface area contributed by atoms with Crippen LogP contribution in [0, 0.1) is 0 Å². The normalized spacial score (nSPS) is 24.4. The van der Waals surface area contributed by atoms with Crippen LogP contribution in [-0.4, -0.2) is 83.6 Å². The van der Waals surface area contributed by atoms with E-state index in [1.165, 1.54) is 4.90 Å². The molecule has 0 spiro atoms. The number of carbonyl (C=O) groups excluding carboxylic acids is 2. The van der Waals surface area contributed by atoms with Gasteiger partial charge in [-0.1, -0.05) is 17.7 Å². The Balaban J connectivity index is 1.28. The molecule has 0 N–H and O–H groups in total. The molecule has 0 saturated carbocycles. The van der Waals surface area contributed by atoms with Crippen molar-refractivity contribution in [1.29, 1.82) is 0 Å². The van der Waals surface area contributed by atoms with Crippen molar-refractivity contribution in [2.24, 2.45) is 0 Å². The molecule has 6 nitrogen and oxygen atoms in total. The van der Waals surface area contributed by atoms with Crippen molar-refractivity contribution >= 4 is 41.0 Å². The monoisotopic (exact) mass is 380 g/mol. The van der Waals surface area contributed by atoms with Crippen LogP contribution in [-0.2, 0) is 4.79 Å². The summed E-state index contributed by atoms with van der Waals surface area (Å²) in [4.78, 5) is 32.4. The zero-order valence-electron chi connectivity index (χ0n) is 13.9. The fraction of sp³-hybridized carbons (Fsp3) is 0.529. The number of nitrogens with zero attached hydrogens (tertiary/aromatic N) is 4. The first kappa shape index (κ1) is 17.0. The number of rotatable bonds is 4. The number of fused-ring (bicyclic) bond motifs is 1. The molecule has 3 aliphatic heterocycles. The number of halogens is 1. The molecular weight excluding hydrogens is 360 g/mol. The maximum absolute atomic E-state index is 12.3. The van der Waals surface area contributed by atoms with Gasteiger partial charge in [-0.25, -0.2) is 4.79 Å².